The van der Waals surface area contributed by atoms with Crippen LogP contribution in [0.2, 0.25) is 10.0 Å². The van der Waals surface area contributed by atoms with E-state index in [2.05, 4.69) is 10.6 Å². The molecule has 3 rings (SSSR count). The second-order valence-electron chi connectivity index (χ2n) is 6.49. The van der Waals surface area contributed by atoms with Gasteiger partial charge in [0.15, 0.2) is 0 Å². The van der Waals surface area contributed by atoms with E-state index in [4.69, 9.17) is 23.2 Å². The van der Waals surface area contributed by atoms with Crippen molar-refractivity contribution in [1.82, 2.24) is 0 Å². The van der Waals surface area contributed by atoms with Crippen molar-refractivity contribution < 1.29 is 9.59 Å². The second kappa shape index (κ2) is 8.56. The van der Waals surface area contributed by atoms with Crippen LogP contribution in [0.5, 0.6) is 0 Å². The van der Waals surface area contributed by atoms with Gasteiger partial charge in [-0.1, -0.05) is 47.5 Å². The Balaban J connectivity index is 1.52. The normalized spacial score (nSPS) is 19.6. The summed E-state index contributed by atoms with van der Waals surface area (Å²) in [6.07, 6.45) is 2.71. The van der Waals surface area contributed by atoms with Crippen molar-refractivity contribution in [1.29, 1.82) is 0 Å². The van der Waals surface area contributed by atoms with Crippen LogP contribution in [0, 0.1) is 11.8 Å². The molecule has 6 heteroatoms. The number of hydrogen-bond acceptors (Lipinski definition) is 2. The van der Waals surface area contributed by atoms with Gasteiger partial charge in [0.2, 0.25) is 11.8 Å². The highest BCUT2D eigenvalue weighted by atomic mass is 35.5. The Morgan fingerprint density at radius 1 is 0.692 bits per heavy atom. The smallest absolute Gasteiger partial charge is 0.227 e. The van der Waals surface area contributed by atoms with Crippen molar-refractivity contribution in [2.24, 2.45) is 11.8 Å². The zero-order chi connectivity index (χ0) is 18.5. The van der Waals surface area contributed by atoms with Crippen LogP contribution < -0.4 is 10.6 Å². The zero-order valence-corrected chi connectivity index (χ0v) is 15.7. The van der Waals surface area contributed by atoms with Gasteiger partial charge in [-0.2, -0.15) is 0 Å². The van der Waals surface area contributed by atoms with Crippen molar-refractivity contribution in [3.63, 3.8) is 0 Å². The van der Waals surface area contributed by atoms with Crippen LogP contribution in [0.25, 0.3) is 0 Å². The van der Waals surface area contributed by atoms with Crippen molar-refractivity contribution in [2.75, 3.05) is 10.6 Å². The Bertz CT molecular complexity index is 734. The lowest BCUT2D eigenvalue weighted by Crippen LogP contribution is -2.32. The molecule has 0 spiro atoms. The van der Waals surface area contributed by atoms with Gasteiger partial charge in [-0.05, 0) is 49.9 Å². The van der Waals surface area contributed by atoms with E-state index in [1.165, 1.54) is 0 Å². The van der Waals surface area contributed by atoms with Crippen LogP contribution in [0.3, 0.4) is 0 Å². The molecule has 26 heavy (non-hydrogen) atoms. The maximum atomic E-state index is 12.4. The number of halogens is 2. The van der Waals surface area contributed by atoms with Crippen molar-refractivity contribution >= 4 is 46.4 Å². The van der Waals surface area contributed by atoms with E-state index in [0.717, 1.165) is 0 Å². The largest absolute Gasteiger partial charge is 0.325 e. The van der Waals surface area contributed by atoms with Gasteiger partial charge in [0, 0.05) is 11.8 Å². The van der Waals surface area contributed by atoms with Crippen molar-refractivity contribution in [3.8, 4) is 0 Å². The second-order valence-corrected chi connectivity index (χ2v) is 7.30. The van der Waals surface area contributed by atoms with Gasteiger partial charge >= 0.3 is 0 Å². The summed E-state index contributed by atoms with van der Waals surface area (Å²) in [5.41, 5.74) is 1.25. The molecule has 136 valence electrons. The van der Waals surface area contributed by atoms with E-state index >= 15 is 0 Å². The summed E-state index contributed by atoms with van der Waals surface area (Å²) < 4.78 is 0. The fraction of sp³-hybridized carbons (Fsp3) is 0.300. The van der Waals surface area contributed by atoms with E-state index in [-0.39, 0.29) is 23.7 Å². The molecule has 1 aliphatic rings. The minimum absolute atomic E-state index is 0.0388. The van der Waals surface area contributed by atoms with E-state index in [9.17, 15) is 9.59 Å². The predicted molar refractivity (Wildman–Crippen MR) is 106 cm³/mol. The van der Waals surface area contributed by atoms with Crippen molar-refractivity contribution in [2.45, 2.75) is 25.7 Å². The Kier molecular flexibility index (Phi) is 6.17. The lowest BCUT2D eigenvalue weighted by Gasteiger charge is -2.27. The highest BCUT2D eigenvalue weighted by Crippen LogP contribution is 2.32. The van der Waals surface area contributed by atoms with Crippen LogP contribution in [0.15, 0.2) is 48.5 Å². The molecule has 1 saturated carbocycles. The molecule has 0 aliphatic heterocycles. The molecule has 0 aromatic heterocycles. The summed E-state index contributed by atoms with van der Waals surface area (Å²) >= 11 is 12.2. The molecule has 0 saturated heterocycles. The predicted octanol–water partition coefficient (Wildman–Crippen LogP) is 5.38. The molecule has 1 aliphatic carbocycles. The van der Waals surface area contributed by atoms with Gasteiger partial charge in [0.1, 0.15) is 0 Å². The molecule has 0 radical (unpaired) electrons. The molecule has 1 fully saturated rings. The van der Waals surface area contributed by atoms with Gasteiger partial charge in [0.25, 0.3) is 0 Å². The monoisotopic (exact) mass is 390 g/mol. The molecular weight excluding hydrogens is 371 g/mol. The number of benzene rings is 2. The first-order valence-electron chi connectivity index (χ1n) is 8.65. The Morgan fingerprint density at radius 3 is 1.38 bits per heavy atom. The third-order valence-electron chi connectivity index (χ3n) is 4.73. The van der Waals surface area contributed by atoms with Crippen LogP contribution >= 0.6 is 23.2 Å². The van der Waals surface area contributed by atoms with Crippen molar-refractivity contribution in [3.05, 3.63) is 58.6 Å². The summed E-state index contributed by atoms with van der Waals surface area (Å²) in [7, 11) is 0. The first-order valence-corrected chi connectivity index (χ1v) is 9.41. The third kappa shape index (κ3) is 4.57. The lowest BCUT2D eigenvalue weighted by atomic mass is 9.81. The molecular formula is C20H20Cl2N2O2. The third-order valence-corrected chi connectivity index (χ3v) is 5.39. The number of para-hydroxylation sites is 2. The first kappa shape index (κ1) is 18.7. The molecule has 4 nitrogen and oxygen atoms in total. The van der Waals surface area contributed by atoms with Gasteiger partial charge in [0.05, 0.1) is 21.4 Å². The minimum atomic E-state index is -0.101. The Morgan fingerprint density at radius 2 is 1.04 bits per heavy atom. The summed E-state index contributed by atoms with van der Waals surface area (Å²) in [6.45, 7) is 0. The van der Waals surface area contributed by atoms with Crippen LogP contribution in [-0.2, 0) is 9.59 Å². The molecule has 0 atom stereocenters. The van der Waals surface area contributed by atoms with E-state index in [1.54, 1.807) is 24.3 Å². The number of hydrogen-bond donors (Lipinski definition) is 2. The molecule has 2 aromatic carbocycles. The number of carbonyl (C=O) groups excluding carboxylic acids is 2. The molecule has 0 bridgehead atoms. The highest BCUT2D eigenvalue weighted by Gasteiger charge is 2.30. The maximum absolute atomic E-state index is 12.4. The summed E-state index contributed by atoms with van der Waals surface area (Å²) in [4.78, 5) is 24.9. The highest BCUT2D eigenvalue weighted by molar-refractivity contribution is 6.34. The average Bonchev–Trinajstić information content (AvgIpc) is 2.65. The van der Waals surface area contributed by atoms with E-state index in [1.807, 2.05) is 24.3 Å². The number of rotatable bonds is 4. The standard InChI is InChI=1S/C20H20Cl2N2O2/c21-15-5-1-3-7-17(15)23-19(25)13-9-11-14(12-10-13)20(26)24-18-8-4-2-6-16(18)22/h1-8,13-14H,9-12H2,(H,23,25)(H,24,26). The summed E-state index contributed by atoms with van der Waals surface area (Å²) in [6, 6.07) is 14.3. The lowest BCUT2D eigenvalue weighted by molar-refractivity contribution is -0.125. The molecule has 0 heterocycles. The Labute approximate surface area is 162 Å². The number of anilines is 2. The quantitative estimate of drug-likeness (QED) is 0.736. The zero-order valence-electron chi connectivity index (χ0n) is 14.2. The summed E-state index contributed by atoms with van der Waals surface area (Å²) in [5, 5.41) is 6.81. The Hall–Kier alpha value is -2.04. The fourth-order valence-corrected chi connectivity index (χ4v) is 3.58. The van der Waals surface area contributed by atoms with Crippen LogP contribution in [-0.4, -0.2) is 11.8 Å². The molecule has 2 amide bonds. The SMILES string of the molecule is O=C(Nc1ccccc1Cl)C1CCC(C(=O)Nc2ccccc2Cl)CC1. The van der Waals surface area contributed by atoms with Gasteiger partial charge in [-0.25, -0.2) is 0 Å². The molecule has 2 aromatic rings. The first-order chi connectivity index (χ1) is 12.5. The minimum Gasteiger partial charge on any atom is -0.325 e. The number of amides is 2. The fourth-order valence-electron chi connectivity index (χ4n) is 3.21. The molecule has 0 unspecified atom stereocenters. The van der Waals surface area contributed by atoms with Crippen LogP contribution in [0.1, 0.15) is 25.7 Å². The van der Waals surface area contributed by atoms with Gasteiger partial charge in [-0.15, -0.1) is 0 Å². The number of nitrogens with one attached hydrogen (secondary N) is 2. The number of carbonyl (C=O) groups is 2. The van der Waals surface area contributed by atoms with E-state index < -0.39 is 0 Å². The van der Waals surface area contributed by atoms with E-state index in [0.29, 0.717) is 47.1 Å². The average molecular weight is 391 g/mol. The topological polar surface area (TPSA) is 58.2 Å². The van der Waals surface area contributed by atoms with Gasteiger partial charge < -0.3 is 10.6 Å². The maximum Gasteiger partial charge on any atom is 0.227 e. The van der Waals surface area contributed by atoms with Crippen LogP contribution in [0.4, 0.5) is 11.4 Å². The summed E-state index contributed by atoms with van der Waals surface area (Å²) in [5.74, 6) is -0.280. The molecule has 2 N–H and O–H groups in total. The van der Waals surface area contributed by atoms with Gasteiger partial charge in [-0.3, -0.25) is 9.59 Å².